The van der Waals surface area contributed by atoms with Crippen molar-refractivity contribution in [1.29, 1.82) is 0 Å². The Balaban J connectivity index is 1.53. The summed E-state index contributed by atoms with van der Waals surface area (Å²) < 4.78 is 16.1. The molecule has 24 heavy (non-hydrogen) atoms. The monoisotopic (exact) mass is 345 g/mol. The van der Waals surface area contributed by atoms with Crippen molar-refractivity contribution in [1.82, 2.24) is 20.0 Å². The van der Waals surface area contributed by atoms with Crippen molar-refractivity contribution in [2.45, 2.75) is 26.2 Å². The van der Waals surface area contributed by atoms with Crippen LogP contribution in [0.4, 0.5) is 9.52 Å². The number of carbonyl (C=O) groups is 1. The summed E-state index contributed by atoms with van der Waals surface area (Å²) in [5, 5.41) is 11.5. The van der Waals surface area contributed by atoms with Crippen molar-refractivity contribution < 1.29 is 9.18 Å². The predicted molar refractivity (Wildman–Crippen MR) is 89.5 cm³/mol. The van der Waals surface area contributed by atoms with Gasteiger partial charge in [0, 0.05) is 19.4 Å². The minimum Gasteiger partial charge on any atom is -0.302 e. The highest BCUT2D eigenvalue weighted by molar-refractivity contribution is 7.22. The van der Waals surface area contributed by atoms with Gasteiger partial charge in [-0.25, -0.2) is 9.37 Å². The fraction of sp³-hybridized carbons (Fsp3) is 0.375. The van der Waals surface area contributed by atoms with Crippen LogP contribution >= 0.6 is 11.3 Å². The van der Waals surface area contributed by atoms with Crippen LogP contribution < -0.4 is 5.32 Å². The molecule has 2 aromatic heterocycles. The maximum absolute atomic E-state index is 13.6. The summed E-state index contributed by atoms with van der Waals surface area (Å²) in [6.07, 6.45) is 2.13. The largest absolute Gasteiger partial charge is 0.302 e. The van der Waals surface area contributed by atoms with Crippen molar-refractivity contribution in [3.63, 3.8) is 0 Å². The van der Waals surface area contributed by atoms with Crippen molar-refractivity contribution in [3.8, 4) is 0 Å². The Kier molecular flexibility index (Phi) is 3.56. The fourth-order valence-electron chi connectivity index (χ4n) is 3.05. The topological polar surface area (TPSA) is 72.7 Å². The molecule has 6 nitrogen and oxygen atoms in total. The molecule has 1 aromatic carbocycles. The number of carbonyl (C=O) groups excluding carboxylic acids is 1. The number of aromatic nitrogens is 4. The van der Waals surface area contributed by atoms with Gasteiger partial charge in [0.25, 0.3) is 0 Å². The van der Waals surface area contributed by atoms with Gasteiger partial charge >= 0.3 is 0 Å². The fourth-order valence-corrected chi connectivity index (χ4v) is 3.92. The van der Waals surface area contributed by atoms with E-state index in [-0.39, 0.29) is 17.6 Å². The Morgan fingerprint density at radius 2 is 2.29 bits per heavy atom. The van der Waals surface area contributed by atoms with E-state index in [1.54, 1.807) is 17.7 Å². The van der Waals surface area contributed by atoms with Crippen LogP contribution in [0.15, 0.2) is 12.1 Å². The summed E-state index contributed by atoms with van der Waals surface area (Å²) in [6, 6.07) is 3.16. The number of hydrogen-bond acceptors (Lipinski definition) is 5. The first-order valence-electron chi connectivity index (χ1n) is 7.76. The van der Waals surface area contributed by atoms with Crippen molar-refractivity contribution in [2.24, 2.45) is 13.0 Å². The van der Waals surface area contributed by atoms with Crippen molar-refractivity contribution in [2.75, 3.05) is 5.32 Å². The smallest absolute Gasteiger partial charge is 0.229 e. The second kappa shape index (κ2) is 5.62. The van der Waals surface area contributed by atoms with Gasteiger partial charge in [-0.05, 0) is 37.5 Å². The molecule has 0 fully saturated rings. The van der Waals surface area contributed by atoms with E-state index in [1.807, 2.05) is 7.05 Å². The van der Waals surface area contributed by atoms with E-state index in [0.29, 0.717) is 22.6 Å². The van der Waals surface area contributed by atoms with Crippen LogP contribution in [0.1, 0.15) is 23.4 Å². The highest BCUT2D eigenvalue weighted by Gasteiger charge is 2.28. The third-order valence-corrected chi connectivity index (χ3v) is 5.40. The van der Waals surface area contributed by atoms with Gasteiger partial charge in [-0.2, -0.15) is 0 Å². The quantitative estimate of drug-likeness (QED) is 0.775. The lowest BCUT2D eigenvalue weighted by atomic mass is 9.89. The van der Waals surface area contributed by atoms with Crippen LogP contribution in [-0.4, -0.2) is 25.9 Å². The van der Waals surface area contributed by atoms with E-state index < -0.39 is 0 Å². The number of amides is 1. The van der Waals surface area contributed by atoms with Crippen LogP contribution in [0.5, 0.6) is 0 Å². The van der Waals surface area contributed by atoms with Gasteiger partial charge in [-0.15, -0.1) is 5.10 Å². The summed E-state index contributed by atoms with van der Waals surface area (Å²) in [5.41, 5.74) is 3.25. The van der Waals surface area contributed by atoms with Crippen LogP contribution in [0.25, 0.3) is 10.2 Å². The summed E-state index contributed by atoms with van der Waals surface area (Å²) in [4.78, 5) is 16.9. The average molecular weight is 345 g/mol. The van der Waals surface area contributed by atoms with E-state index in [9.17, 15) is 9.18 Å². The van der Waals surface area contributed by atoms with E-state index in [0.717, 1.165) is 28.9 Å². The highest BCUT2D eigenvalue weighted by atomic mass is 32.1. The number of hydrogen-bond donors (Lipinski definition) is 1. The van der Waals surface area contributed by atoms with E-state index in [1.165, 1.54) is 17.4 Å². The number of fused-ring (bicyclic) bond motifs is 2. The zero-order valence-electron chi connectivity index (χ0n) is 13.3. The van der Waals surface area contributed by atoms with Gasteiger partial charge < -0.3 is 5.32 Å². The van der Waals surface area contributed by atoms with Crippen LogP contribution in [-0.2, 0) is 24.7 Å². The van der Waals surface area contributed by atoms with Gasteiger partial charge in [0.05, 0.1) is 21.6 Å². The van der Waals surface area contributed by atoms with E-state index in [2.05, 4.69) is 20.6 Å². The maximum atomic E-state index is 13.6. The Morgan fingerprint density at radius 3 is 3.12 bits per heavy atom. The molecule has 2 heterocycles. The second-order valence-corrected chi connectivity index (χ2v) is 7.15. The standard InChI is InChI=1S/C16H16FN5OS/c1-8-5-12-14(7-10(8)17)24-16(18-12)19-15(23)9-3-4-11-13(6-9)22(2)21-20-11/h5,7,9H,3-4,6H2,1-2H3,(H,18,19,23). The highest BCUT2D eigenvalue weighted by Crippen LogP contribution is 2.30. The van der Waals surface area contributed by atoms with Crippen molar-refractivity contribution in [3.05, 3.63) is 34.9 Å². The van der Waals surface area contributed by atoms with Gasteiger partial charge in [0.1, 0.15) is 5.82 Å². The molecule has 1 aliphatic rings. The van der Waals surface area contributed by atoms with Gasteiger partial charge in [-0.1, -0.05) is 16.6 Å². The normalized spacial score (nSPS) is 17.0. The van der Waals surface area contributed by atoms with Crippen LogP contribution in [0.2, 0.25) is 0 Å². The molecule has 0 aliphatic heterocycles. The summed E-state index contributed by atoms with van der Waals surface area (Å²) in [6.45, 7) is 1.70. The number of rotatable bonds is 2. The number of nitrogens with zero attached hydrogens (tertiary/aromatic N) is 4. The molecule has 0 saturated carbocycles. The molecule has 3 aromatic rings. The number of nitrogens with one attached hydrogen (secondary N) is 1. The Morgan fingerprint density at radius 1 is 1.46 bits per heavy atom. The first kappa shape index (κ1) is 15.2. The molecule has 0 spiro atoms. The molecule has 1 unspecified atom stereocenters. The molecule has 1 N–H and O–H groups in total. The van der Waals surface area contributed by atoms with E-state index >= 15 is 0 Å². The second-order valence-electron chi connectivity index (χ2n) is 6.12. The molecule has 1 atom stereocenters. The number of benzene rings is 1. The lowest BCUT2D eigenvalue weighted by Crippen LogP contribution is -2.28. The minimum atomic E-state index is -0.257. The zero-order valence-corrected chi connectivity index (χ0v) is 14.2. The van der Waals surface area contributed by atoms with Gasteiger partial charge in [0.15, 0.2) is 5.13 Å². The Hall–Kier alpha value is -2.35. The first-order chi connectivity index (χ1) is 11.5. The number of halogens is 1. The molecule has 4 rings (SSSR count). The molecule has 8 heteroatoms. The third-order valence-electron chi connectivity index (χ3n) is 4.46. The van der Waals surface area contributed by atoms with Crippen LogP contribution in [0.3, 0.4) is 0 Å². The molecular weight excluding hydrogens is 329 g/mol. The Labute approximate surface area is 141 Å². The predicted octanol–water partition coefficient (Wildman–Crippen LogP) is 2.62. The lowest BCUT2D eigenvalue weighted by molar-refractivity contribution is -0.120. The first-order valence-corrected chi connectivity index (χ1v) is 8.58. The van der Waals surface area contributed by atoms with Gasteiger partial charge in [-0.3, -0.25) is 9.48 Å². The summed E-state index contributed by atoms with van der Waals surface area (Å²) >= 11 is 1.29. The van der Waals surface area contributed by atoms with Gasteiger partial charge in [0.2, 0.25) is 5.91 Å². The number of aryl methyl sites for hydroxylation is 3. The number of anilines is 1. The van der Waals surface area contributed by atoms with Crippen molar-refractivity contribution >= 4 is 32.6 Å². The summed E-state index contributed by atoms with van der Waals surface area (Å²) in [5.74, 6) is -0.439. The number of thiazole rings is 1. The average Bonchev–Trinajstić information content (AvgIpc) is 3.11. The maximum Gasteiger partial charge on any atom is 0.229 e. The Bertz CT molecular complexity index is 908. The molecule has 124 valence electrons. The SMILES string of the molecule is Cc1cc2nc(NC(=O)C3CCc4nnn(C)c4C3)sc2cc1F. The molecule has 0 radical (unpaired) electrons. The molecular formula is C16H16FN5OS. The molecule has 0 bridgehead atoms. The molecule has 1 aliphatic carbocycles. The lowest BCUT2D eigenvalue weighted by Gasteiger charge is -2.20. The molecule has 1 amide bonds. The van der Waals surface area contributed by atoms with Crippen LogP contribution in [0, 0.1) is 18.7 Å². The zero-order chi connectivity index (χ0) is 16.8. The third kappa shape index (κ3) is 2.56. The van der Waals surface area contributed by atoms with E-state index in [4.69, 9.17) is 0 Å². The summed E-state index contributed by atoms with van der Waals surface area (Å²) in [7, 11) is 1.84. The minimum absolute atomic E-state index is 0.0573. The molecule has 0 saturated heterocycles.